The molecule has 0 atom stereocenters. The lowest BCUT2D eigenvalue weighted by Gasteiger charge is -2.06. The molecule has 24 heavy (non-hydrogen) atoms. The van der Waals surface area contributed by atoms with Crippen molar-refractivity contribution in [2.45, 2.75) is 19.6 Å². The van der Waals surface area contributed by atoms with Gasteiger partial charge in [0.15, 0.2) is 0 Å². The number of thiazole rings is 1. The number of nitrogens with zero attached hydrogens (tertiary/aromatic N) is 2. The van der Waals surface area contributed by atoms with Crippen molar-refractivity contribution in [3.8, 4) is 10.6 Å². The van der Waals surface area contributed by atoms with Gasteiger partial charge in [-0.15, -0.1) is 23.1 Å². The third kappa shape index (κ3) is 4.04. The molecule has 2 aromatic heterocycles. The second kappa shape index (κ2) is 7.63. The summed E-state index contributed by atoms with van der Waals surface area (Å²) in [6, 6.07) is 7.73. The first-order chi connectivity index (χ1) is 11.6. The molecule has 124 valence electrons. The monoisotopic (exact) mass is 359 g/mol. The van der Waals surface area contributed by atoms with Gasteiger partial charge < -0.3 is 9.84 Å². The molecule has 1 aromatic carbocycles. The number of rotatable bonds is 6. The third-order valence-electron chi connectivity index (χ3n) is 3.49. The topological polar surface area (TPSA) is 68.0 Å². The molecule has 0 saturated heterocycles. The molecule has 3 rings (SSSR count). The lowest BCUT2D eigenvalue weighted by atomic mass is 10.2. The van der Waals surface area contributed by atoms with Gasteiger partial charge in [0.05, 0.1) is 11.4 Å². The first-order valence-electron chi connectivity index (χ1n) is 7.43. The van der Waals surface area contributed by atoms with E-state index in [1.54, 1.807) is 29.3 Å². The summed E-state index contributed by atoms with van der Waals surface area (Å²) in [6.45, 7) is 3.80. The smallest absolute Gasteiger partial charge is 0.234 e. The fourth-order valence-electron chi connectivity index (χ4n) is 2.25. The standard InChI is InChI=1S/C17H17N3O2S2/c1-11-15(12(2)22-20-11)9-23-10-16(21)19-14-5-3-4-13(8-14)17-18-6-7-24-17/h3-8H,9-10H2,1-2H3,(H,19,21). The number of thioether (sulfide) groups is 1. The van der Waals surface area contributed by atoms with Crippen molar-refractivity contribution in [3.05, 3.63) is 52.9 Å². The van der Waals surface area contributed by atoms with Crippen LogP contribution in [0.4, 0.5) is 5.69 Å². The number of aromatic nitrogens is 2. The quantitative estimate of drug-likeness (QED) is 0.711. The van der Waals surface area contributed by atoms with Gasteiger partial charge in [-0.05, 0) is 26.0 Å². The third-order valence-corrected chi connectivity index (χ3v) is 5.27. The summed E-state index contributed by atoms with van der Waals surface area (Å²) < 4.78 is 5.13. The fourth-order valence-corrected chi connectivity index (χ4v) is 3.86. The lowest BCUT2D eigenvalue weighted by molar-refractivity contribution is -0.113. The van der Waals surface area contributed by atoms with Crippen LogP contribution in [-0.2, 0) is 10.5 Å². The van der Waals surface area contributed by atoms with Gasteiger partial charge in [-0.25, -0.2) is 4.98 Å². The average Bonchev–Trinajstić information content (AvgIpc) is 3.20. The van der Waals surface area contributed by atoms with Crippen molar-refractivity contribution in [3.63, 3.8) is 0 Å². The van der Waals surface area contributed by atoms with Crippen LogP contribution in [0.5, 0.6) is 0 Å². The second-order valence-electron chi connectivity index (χ2n) is 5.26. The van der Waals surface area contributed by atoms with Crippen LogP contribution in [0, 0.1) is 13.8 Å². The van der Waals surface area contributed by atoms with Gasteiger partial charge >= 0.3 is 0 Å². The highest BCUT2D eigenvalue weighted by molar-refractivity contribution is 7.99. The highest BCUT2D eigenvalue weighted by Gasteiger charge is 2.10. The van der Waals surface area contributed by atoms with E-state index in [4.69, 9.17) is 4.52 Å². The number of amides is 1. The summed E-state index contributed by atoms with van der Waals surface area (Å²) in [5, 5.41) is 9.73. The van der Waals surface area contributed by atoms with Crippen LogP contribution in [0.25, 0.3) is 10.6 Å². The molecule has 0 spiro atoms. The minimum Gasteiger partial charge on any atom is -0.361 e. The van der Waals surface area contributed by atoms with Crippen molar-refractivity contribution in [1.29, 1.82) is 0 Å². The Hall–Kier alpha value is -2.12. The molecule has 0 aliphatic carbocycles. The maximum absolute atomic E-state index is 12.1. The van der Waals surface area contributed by atoms with Gasteiger partial charge in [-0.1, -0.05) is 17.3 Å². The molecule has 3 aromatic rings. The van der Waals surface area contributed by atoms with Crippen LogP contribution in [0.15, 0.2) is 40.4 Å². The van der Waals surface area contributed by atoms with E-state index in [1.807, 2.05) is 43.5 Å². The van der Waals surface area contributed by atoms with Gasteiger partial charge in [-0.2, -0.15) is 0 Å². The molecule has 0 aliphatic heterocycles. The average molecular weight is 359 g/mol. The Morgan fingerprint density at radius 1 is 1.38 bits per heavy atom. The van der Waals surface area contributed by atoms with Gasteiger partial charge in [0, 0.05) is 34.1 Å². The Kier molecular flexibility index (Phi) is 5.32. The Labute approximate surface area is 148 Å². The summed E-state index contributed by atoms with van der Waals surface area (Å²) in [7, 11) is 0. The van der Waals surface area contributed by atoms with Crippen molar-refractivity contribution in [2.75, 3.05) is 11.1 Å². The minimum absolute atomic E-state index is 0.0250. The Morgan fingerprint density at radius 2 is 2.25 bits per heavy atom. The molecule has 7 heteroatoms. The van der Waals surface area contributed by atoms with Crippen molar-refractivity contribution in [2.24, 2.45) is 0 Å². The van der Waals surface area contributed by atoms with Crippen LogP contribution in [0.2, 0.25) is 0 Å². The van der Waals surface area contributed by atoms with E-state index in [1.165, 1.54) is 0 Å². The van der Waals surface area contributed by atoms with Crippen LogP contribution < -0.4 is 5.32 Å². The maximum atomic E-state index is 12.1. The van der Waals surface area contributed by atoms with Gasteiger partial charge in [0.2, 0.25) is 5.91 Å². The molecule has 1 amide bonds. The van der Waals surface area contributed by atoms with Crippen molar-refractivity contribution < 1.29 is 9.32 Å². The Morgan fingerprint density at radius 3 is 2.96 bits per heavy atom. The predicted octanol–water partition coefficient (Wildman–Crippen LogP) is 4.29. The van der Waals surface area contributed by atoms with Crippen molar-refractivity contribution in [1.82, 2.24) is 10.1 Å². The number of carbonyl (C=O) groups excluding carboxylic acids is 1. The zero-order valence-corrected chi connectivity index (χ0v) is 15.0. The predicted molar refractivity (Wildman–Crippen MR) is 98.3 cm³/mol. The zero-order valence-electron chi connectivity index (χ0n) is 13.4. The van der Waals surface area contributed by atoms with E-state index in [2.05, 4.69) is 15.5 Å². The largest absolute Gasteiger partial charge is 0.361 e. The molecule has 0 saturated carbocycles. The summed E-state index contributed by atoms with van der Waals surface area (Å²) in [4.78, 5) is 16.4. The number of nitrogens with one attached hydrogen (secondary N) is 1. The number of hydrogen-bond donors (Lipinski definition) is 1. The fraction of sp³-hybridized carbons (Fsp3) is 0.235. The van der Waals surface area contributed by atoms with Crippen LogP contribution >= 0.6 is 23.1 Å². The molecule has 0 radical (unpaired) electrons. The number of carbonyl (C=O) groups is 1. The van der Waals surface area contributed by atoms with E-state index in [0.29, 0.717) is 11.5 Å². The summed E-state index contributed by atoms with van der Waals surface area (Å²) >= 11 is 3.12. The van der Waals surface area contributed by atoms with E-state index < -0.39 is 0 Å². The molecule has 2 heterocycles. The highest BCUT2D eigenvalue weighted by Crippen LogP contribution is 2.25. The molecule has 1 N–H and O–H groups in total. The number of anilines is 1. The van der Waals surface area contributed by atoms with E-state index in [0.717, 1.165) is 33.3 Å². The van der Waals surface area contributed by atoms with E-state index in [9.17, 15) is 4.79 Å². The minimum atomic E-state index is -0.0250. The first kappa shape index (κ1) is 16.7. The molecular formula is C17H17N3O2S2. The van der Waals surface area contributed by atoms with Gasteiger partial charge in [-0.3, -0.25) is 4.79 Å². The molecule has 0 fully saturated rings. The molecule has 5 nitrogen and oxygen atoms in total. The molecule has 0 unspecified atom stereocenters. The van der Waals surface area contributed by atoms with Crippen LogP contribution in [0.3, 0.4) is 0 Å². The SMILES string of the molecule is Cc1noc(C)c1CSCC(=O)Nc1cccc(-c2nccs2)c1. The van der Waals surface area contributed by atoms with Gasteiger partial charge in [0.25, 0.3) is 0 Å². The van der Waals surface area contributed by atoms with E-state index >= 15 is 0 Å². The number of hydrogen-bond acceptors (Lipinski definition) is 6. The summed E-state index contributed by atoms with van der Waals surface area (Å²) in [6.07, 6.45) is 1.77. The maximum Gasteiger partial charge on any atom is 0.234 e. The summed E-state index contributed by atoms with van der Waals surface area (Å²) in [5.41, 5.74) is 3.74. The van der Waals surface area contributed by atoms with Crippen LogP contribution in [0.1, 0.15) is 17.0 Å². The number of benzene rings is 1. The van der Waals surface area contributed by atoms with Crippen molar-refractivity contribution >= 4 is 34.7 Å². The molecule has 0 bridgehead atoms. The summed E-state index contributed by atoms with van der Waals surface area (Å²) in [5.74, 6) is 1.89. The zero-order chi connectivity index (χ0) is 16.9. The van der Waals surface area contributed by atoms with Crippen LogP contribution in [-0.4, -0.2) is 21.8 Å². The first-order valence-corrected chi connectivity index (χ1v) is 9.46. The second-order valence-corrected chi connectivity index (χ2v) is 7.14. The van der Waals surface area contributed by atoms with Gasteiger partial charge in [0.1, 0.15) is 10.8 Å². The molecular weight excluding hydrogens is 342 g/mol. The van der Waals surface area contributed by atoms with E-state index in [-0.39, 0.29) is 5.91 Å². The lowest BCUT2D eigenvalue weighted by Crippen LogP contribution is -2.14. The highest BCUT2D eigenvalue weighted by atomic mass is 32.2. The normalized spacial score (nSPS) is 10.8. The Bertz CT molecular complexity index is 809. The molecule has 0 aliphatic rings. The Balaban J connectivity index is 1.55. The number of aryl methyl sites for hydroxylation is 2.